The van der Waals surface area contributed by atoms with Crippen molar-refractivity contribution in [1.82, 2.24) is 9.78 Å². The number of benzene rings is 1. The van der Waals surface area contributed by atoms with Crippen molar-refractivity contribution in [3.8, 4) is 11.3 Å². The molecule has 112 valence electrons. The lowest BCUT2D eigenvalue weighted by atomic mass is 10.0. The zero-order valence-corrected chi connectivity index (χ0v) is 13.2. The first kappa shape index (κ1) is 15.3. The van der Waals surface area contributed by atoms with Gasteiger partial charge in [-0.2, -0.15) is 5.10 Å². The number of carbonyl (C=O) groups excluding carboxylic acids is 1. The fourth-order valence-corrected chi connectivity index (χ4v) is 2.26. The van der Waals surface area contributed by atoms with Crippen molar-refractivity contribution in [3.05, 3.63) is 34.9 Å². The van der Waals surface area contributed by atoms with Crippen LogP contribution in [0.3, 0.4) is 0 Å². The molecular weight excluding hydrogens is 262 g/mol. The van der Waals surface area contributed by atoms with E-state index in [-0.39, 0.29) is 0 Å². The van der Waals surface area contributed by atoms with Crippen molar-refractivity contribution in [2.24, 2.45) is 5.92 Å². The summed E-state index contributed by atoms with van der Waals surface area (Å²) < 4.78 is 1.74. The maximum Gasteiger partial charge on any atom is 0.156 e. The molecule has 4 heteroatoms. The van der Waals surface area contributed by atoms with E-state index in [2.05, 4.69) is 38.9 Å². The van der Waals surface area contributed by atoms with E-state index in [9.17, 15) is 4.79 Å². The predicted molar refractivity (Wildman–Crippen MR) is 86.4 cm³/mol. The number of carbonyl (C=O) groups is 1. The van der Waals surface area contributed by atoms with E-state index in [4.69, 9.17) is 5.73 Å². The molecule has 0 radical (unpaired) electrons. The molecular formula is C17H23N3O. The number of rotatable bonds is 5. The number of nitrogen functional groups attached to an aromatic ring is 1. The van der Waals surface area contributed by atoms with Gasteiger partial charge in [-0.25, -0.2) is 4.68 Å². The molecule has 21 heavy (non-hydrogen) atoms. The van der Waals surface area contributed by atoms with Crippen molar-refractivity contribution in [2.75, 3.05) is 5.73 Å². The number of hydrogen-bond donors (Lipinski definition) is 1. The molecule has 0 amide bonds. The van der Waals surface area contributed by atoms with Gasteiger partial charge in [0.25, 0.3) is 0 Å². The van der Waals surface area contributed by atoms with Gasteiger partial charge >= 0.3 is 0 Å². The van der Waals surface area contributed by atoms with Crippen molar-refractivity contribution in [1.29, 1.82) is 0 Å². The minimum atomic E-state index is 0.457. The predicted octanol–water partition coefficient (Wildman–Crippen LogP) is 3.61. The largest absolute Gasteiger partial charge is 0.383 e. The number of aldehydes is 1. The van der Waals surface area contributed by atoms with E-state index in [1.165, 1.54) is 11.1 Å². The first-order chi connectivity index (χ1) is 9.93. The SMILES string of the molecule is Cc1ccc(-c2nn(CCC(C)C)c(N)c2C=O)cc1C. The molecule has 0 aliphatic rings. The average Bonchev–Trinajstić information content (AvgIpc) is 2.76. The average molecular weight is 285 g/mol. The number of nitrogens with zero attached hydrogens (tertiary/aromatic N) is 2. The monoisotopic (exact) mass is 285 g/mol. The molecule has 1 aromatic heterocycles. The van der Waals surface area contributed by atoms with Crippen LogP contribution in [0.15, 0.2) is 18.2 Å². The van der Waals surface area contributed by atoms with Gasteiger partial charge in [-0.1, -0.05) is 26.0 Å². The molecule has 0 bridgehead atoms. The summed E-state index contributed by atoms with van der Waals surface area (Å²) >= 11 is 0. The molecule has 0 aliphatic carbocycles. The summed E-state index contributed by atoms with van der Waals surface area (Å²) in [5, 5.41) is 4.55. The van der Waals surface area contributed by atoms with Crippen LogP contribution in [0, 0.1) is 19.8 Å². The van der Waals surface area contributed by atoms with Gasteiger partial charge in [-0.15, -0.1) is 0 Å². The second kappa shape index (κ2) is 6.12. The third-order valence-corrected chi connectivity index (χ3v) is 3.85. The molecule has 0 unspecified atom stereocenters. The molecule has 0 saturated heterocycles. The van der Waals surface area contributed by atoms with Gasteiger partial charge in [0.05, 0.1) is 5.56 Å². The first-order valence-electron chi connectivity index (χ1n) is 7.33. The summed E-state index contributed by atoms with van der Waals surface area (Å²) in [7, 11) is 0. The molecule has 1 aromatic carbocycles. The third-order valence-electron chi connectivity index (χ3n) is 3.85. The smallest absolute Gasteiger partial charge is 0.156 e. The lowest BCUT2D eigenvalue weighted by Gasteiger charge is -2.06. The van der Waals surface area contributed by atoms with Crippen LogP contribution in [0.25, 0.3) is 11.3 Å². The molecule has 2 N–H and O–H groups in total. The Bertz CT molecular complexity index is 656. The number of aryl methyl sites for hydroxylation is 3. The minimum Gasteiger partial charge on any atom is -0.383 e. The highest BCUT2D eigenvalue weighted by Gasteiger charge is 2.17. The second-order valence-corrected chi connectivity index (χ2v) is 5.97. The lowest BCUT2D eigenvalue weighted by molar-refractivity contribution is 0.112. The standard InChI is InChI=1S/C17H23N3O/c1-11(2)7-8-20-17(18)15(10-21)16(19-20)14-6-5-12(3)13(4)9-14/h5-6,9-11H,7-8,18H2,1-4H3. The number of aromatic nitrogens is 2. The Labute approximate surface area is 126 Å². The summed E-state index contributed by atoms with van der Waals surface area (Å²) in [5.74, 6) is 1.03. The molecule has 0 spiro atoms. The number of hydrogen-bond acceptors (Lipinski definition) is 3. The van der Waals surface area contributed by atoms with Crippen LogP contribution in [0.4, 0.5) is 5.82 Å². The number of anilines is 1. The Hall–Kier alpha value is -2.10. The van der Waals surface area contributed by atoms with Crippen LogP contribution in [0.5, 0.6) is 0 Å². The Kier molecular flexibility index (Phi) is 4.46. The van der Waals surface area contributed by atoms with Gasteiger partial charge < -0.3 is 5.73 Å². The van der Waals surface area contributed by atoms with Gasteiger partial charge in [0, 0.05) is 12.1 Å². The third kappa shape index (κ3) is 3.15. The maximum absolute atomic E-state index is 11.4. The maximum atomic E-state index is 11.4. The van der Waals surface area contributed by atoms with Crippen molar-refractivity contribution in [2.45, 2.75) is 40.7 Å². The summed E-state index contributed by atoms with van der Waals surface area (Å²) in [6.45, 7) is 9.16. The van der Waals surface area contributed by atoms with Gasteiger partial charge in [-0.3, -0.25) is 4.79 Å². The van der Waals surface area contributed by atoms with Crippen LogP contribution in [0.1, 0.15) is 41.8 Å². The van der Waals surface area contributed by atoms with Crippen molar-refractivity contribution < 1.29 is 4.79 Å². The zero-order valence-electron chi connectivity index (χ0n) is 13.2. The Morgan fingerprint density at radius 1 is 1.29 bits per heavy atom. The summed E-state index contributed by atoms with van der Waals surface area (Å²) in [6, 6.07) is 6.09. The van der Waals surface area contributed by atoms with Crippen molar-refractivity contribution >= 4 is 12.1 Å². The fraction of sp³-hybridized carbons (Fsp3) is 0.412. The molecule has 0 atom stereocenters. The highest BCUT2D eigenvalue weighted by Crippen LogP contribution is 2.27. The quantitative estimate of drug-likeness (QED) is 0.854. The topological polar surface area (TPSA) is 60.9 Å². The van der Waals surface area contributed by atoms with E-state index >= 15 is 0 Å². The normalized spacial score (nSPS) is 11.1. The van der Waals surface area contributed by atoms with E-state index in [1.807, 2.05) is 12.1 Å². The van der Waals surface area contributed by atoms with Crippen LogP contribution in [0.2, 0.25) is 0 Å². The van der Waals surface area contributed by atoms with E-state index in [0.717, 1.165) is 24.8 Å². The molecule has 0 aliphatic heterocycles. The Morgan fingerprint density at radius 2 is 2.00 bits per heavy atom. The molecule has 0 fully saturated rings. The first-order valence-corrected chi connectivity index (χ1v) is 7.33. The Balaban J connectivity index is 2.45. The van der Waals surface area contributed by atoms with Gasteiger partial charge in [0.1, 0.15) is 11.5 Å². The molecule has 2 aromatic rings. The van der Waals surface area contributed by atoms with Crippen LogP contribution < -0.4 is 5.73 Å². The van der Waals surface area contributed by atoms with E-state index < -0.39 is 0 Å². The zero-order chi connectivity index (χ0) is 15.6. The fourth-order valence-electron chi connectivity index (χ4n) is 2.26. The highest BCUT2D eigenvalue weighted by atomic mass is 16.1. The summed E-state index contributed by atoms with van der Waals surface area (Å²) in [5.41, 5.74) is 10.6. The van der Waals surface area contributed by atoms with Crippen LogP contribution in [-0.4, -0.2) is 16.1 Å². The summed E-state index contributed by atoms with van der Waals surface area (Å²) in [6.07, 6.45) is 1.79. The van der Waals surface area contributed by atoms with Crippen molar-refractivity contribution in [3.63, 3.8) is 0 Å². The minimum absolute atomic E-state index is 0.457. The lowest BCUT2D eigenvalue weighted by Crippen LogP contribution is -2.07. The highest BCUT2D eigenvalue weighted by molar-refractivity contribution is 5.91. The molecule has 4 nitrogen and oxygen atoms in total. The number of nitrogens with two attached hydrogens (primary N) is 1. The molecule has 0 saturated carbocycles. The van der Waals surface area contributed by atoms with Gasteiger partial charge in [0.15, 0.2) is 6.29 Å². The van der Waals surface area contributed by atoms with Crippen LogP contribution >= 0.6 is 0 Å². The summed E-state index contributed by atoms with van der Waals surface area (Å²) in [4.78, 5) is 11.4. The van der Waals surface area contributed by atoms with Gasteiger partial charge in [0.2, 0.25) is 0 Å². The molecule has 1 heterocycles. The van der Waals surface area contributed by atoms with E-state index in [0.29, 0.717) is 23.0 Å². The van der Waals surface area contributed by atoms with E-state index in [1.54, 1.807) is 4.68 Å². The second-order valence-electron chi connectivity index (χ2n) is 5.97. The van der Waals surface area contributed by atoms with Gasteiger partial charge in [-0.05, 0) is 43.4 Å². The Morgan fingerprint density at radius 3 is 2.57 bits per heavy atom. The van der Waals surface area contributed by atoms with Crippen LogP contribution in [-0.2, 0) is 6.54 Å². The molecule has 2 rings (SSSR count).